The van der Waals surface area contributed by atoms with Crippen LogP contribution in [0.2, 0.25) is 0 Å². The Morgan fingerprint density at radius 2 is 1.92 bits per heavy atom. The first-order valence-electron chi connectivity index (χ1n) is 8.47. The Kier molecular flexibility index (Phi) is 6.85. The third-order valence-electron chi connectivity index (χ3n) is 4.70. The van der Waals surface area contributed by atoms with Crippen LogP contribution < -0.4 is 16.2 Å². The van der Waals surface area contributed by atoms with Crippen LogP contribution in [0.3, 0.4) is 0 Å². The third kappa shape index (κ3) is 4.97. The summed E-state index contributed by atoms with van der Waals surface area (Å²) in [5, 5.41) is 0. The second kappa shape index (κ2) is 8.88. The van der Waals surface area contributed by atoms with Crippen LogP contribution in [0.25, 0.3) is 0 Å². The molecular formula is C20H25ClN2O2. The summed E-state index contributed by atoms with van der Waals surface area (Å²) in [6.45, 7) is 0.309. The van der Waals surface area contributed by atoms with E-state index in [0.717, 1.165) is 25.0 Å². The maximum Gasteiger partial charge on any atom is 0.220 e. The first-order chi connectivity index (χ1) is 11.6. The fourth-order valence-corrected chi connectivity index (χ4v) is 3.39. The highest BCUT2D eigenvalue weighted by Gasteiger charge is 2.27. The first-order valence-corrected chi connectivity index (χ1v) is 8.47. The van der Waals surface area contributed by atoms with Gasteiger partial charge in [-0.15, -0.1) is 12.4 Å². The Labute approximate surface area is 155 Å². The van der Waals surface area contributed by atoms with E-state index in [-0.39, 0.29) is 36.7 Å². The predicted molar refractivity (Wildman–Crippen MR) is 102 cm³/mol. The second-order valence-electron chi connectivity index (χ2n) is 6.42. The van der Waals surface area contributed by atoms with E-state index in [1.807, 2.05) is 12.1 Å². The van der Waals surface area contributed by atoms with E-state index < -0.39 is 0 Å². The molecule has 2 unspecified atom stereocenters. The molecule has 0 aliphatic heterocycles. The molecule has 1 amide bonds. The molecule has 1 aliphatic rings. The van der Waals surface area contributed by atoms with Crippen LogP contribution in [0.15, 0.2) is 48.5 Å². The lowest BCUT2D eigenvalue weighted by Gasteiger charge is -2.32. The zero-order chi connectivity index (χ0) is 16.9. The van der Waals surface area contributed by atoms with Gasteiger partial charge in [-0.3, -0.25) is 4.79 Å². The molecule has 0 spiro atoms. The zero-order valence-electron chi connectivity index (χ0n) is 14.2. The number of aryl methyl sites for hydroxylation is 1. The van der Waals surface area contributed by atoms with Crippen molar-refractivity contribution in [1.82, 2.24) is 0 Å². The first kappa shape index (κ1) is 19.3. The summed E-state index contributed by atoms with van der Waals surface area (Å²) in [6, 6.07) is 16.8. The molecule has 1 aliphatic carbocycles. The maximum absolute atomic E-state index is 10.8. The van der Waals surface area contributed by atoms with E-state index >= 15 is 0 Å². The lowest BCUT2D eigenvalue weighted by molar-refractivity contribution is -0.118. The molecule has 3 rings (SSSR count). The van der Waals surface area contributed by atoms with Gasteiger partial charge < -0.3 is 16.2 Å². The van der Waals surface area contributed by atoms with E-state index in [2.05, 4.69) is 36.4 Å². The highest BCUT2D eigenvalue weighted by Crippen LogP contribution is 2.35. The number of hydrogen-bond acceptors (Lipinski definition) is 3. The summed E-state index contributed by atoms with van der Waals surface area (Å²) in [5.74, 6) is 0.718. The van der Waals surface area contributed by atoms with Gasteiger partial charge in [0.15, 0.2) is 0 Å². The van der Waals surface area contributed by atoms with Crippen LogP contribution in [-0.4, -0.2) is 18.6 Å². The van der Waals surface area contributed by atoms with Gasteiger partial charge in [0.2, 0.25) is 5.91 Å². The van der Waals surface area contributed by atoms with Gasteiger partial charge in [0.05, 0.1) is 13.0 Å². The van der Waals surface area contributed by atoms with Gasteiger partial charge >= 0.3 is 0 Å². The van der Waals surface area contributed by atoms with E-state index in [1.54, 1.807) is 0 Å². The number of halogens is 1. The minimum Gasteiger partial charge on any atom is -0.493 e. The highest BCUT2D eigenvalue weighted by atomic mass is 35.5. The molecule has 25 heavy (non-hydrogen) atoms. The quantitative estimate of drug-likeness (QED) is 0.831. The van der Waals surface area contributed by atoms with Gasteiger partial charge in [-0.25, -0.2) is 0 Å². The van der Waals surface area contributed by atoms with Crippen molar-refractivity contribution in [1.29, 1.82) is 0 Å². The van der Waals surface area contributed by atoms with Gasteiger partial charge in [-0.1, -0.05) is 36.4 Å². The molecular weight excluding hydrogens is 336 g/mol. The monoisotopic (exact) mass is 360 g/mol. The largest absolute Gasteiger partial charge is 0.493 e. The Balaban J connectivity index is 0.00000225. The SMILES string of the molecule is Cl.NC(=O)CCOc1ccc2c(c1)C(Cc1ccccc1)C(N)CC2. The normalized spacial score (nSPS) is 18.8. The van der Waals surface area contributed by atoms with Crippen molar-refractivity contribution in [3.05, 3.63) is 65.2 Å². The molecule has 5 heteroatoms. The standard InChI is InChI=1S/C20H24N2O2.ClH/c21-19-9-7-15-6-8-16(24-11-10-20(22)23)13-17(15)18(19)12-14-4-2-1-3-5-14;/h1-6,8,13,18-19H,7,9-12,21H2,(H2,22,23);1H. The Hall–Kier alpha value is -2.04. The molecule has 0 saturated heterocycles. The van der Waals surface area contributed by atoms with Crippen molar-refractivity contribution in [2.24, 2.45) is 11.5 Å². The molecule has 0 bridgehead atoms. The van der Waals surface area contributed by atoms with Crippen LogP contribution in [0.5, 0.6) is 5.75 Å². The number of ether oxygens (including phenoxy) is 1. The second-order valence-corrected chi connectivity index (χ2v) is 6.42. The number of hydrogen-bond donors (Lipinski definition) is 2. The molecule has 0 aromatic heterocycles. The van der Waals surface area contributed by atoms with E-state index in [0.29, 0.717) is 6.61 Å². The summed E-state index contributed by atoms with van der Waals surface area (Å²) >= 11 is 0. The van der Waals surface area contributed by atoms with Crippen molar-refractivity contribution in [2.45, 2.75) is 37.6 Å². The van der Waals surface area contributed by atoms with Crippen LogP contribution in [0, 0.1) is 0 Å². The summed E-state index contributed by atoms with van der Waals surface area (Å²) in [7, 11) is 0. The van der Waals surface area contributed by atoms with E-state index in [9.17, 15) is 4.79 Å². The smallest absolute Gasteiger partial charge is 0.220 e. The fraction of sp³-hybridized carbons (Fsp3) is 0.350. The van der Waals surface area contributed by atoms with Crippen molar-refractivity contribution >= 4 is 18.3 Å². The summed E-state index contributed by atoms with van der Waals surface area (Å²) < 4.78 is 5.68. The van der Waals surface area contributed by atoms with E-state index in [1.165, 1.54) is 16.7 Å². The van der Waals surface area contributed by atoms with Gasteiger partial charge in [-0.05, 0) is 48.1 Å². The number of amides is 1. The molecule has 0 fully saturated rings. The molecule has 134 valence electrons. The van der Waals surface area contributed by atoms with E-state index in [4.69, 9.17) is 16.2 Å². The Bertz CT molecular complexity index is 706. The number of benzene rings is 2. The lowest BCUT2D eigenvalue weighted by Crippen LogP contribution is -2.34. The maximum atomic E-state index is 10.8. The Morgan fingerprint density at radius 1 is 1.16 bits per heavy atom. The van der Waals surface area contributed by atoms with Crippen molar-refractivity contribution in [3.63, 3.8) is 0 Å². The molecule has 2 aromatic rings. The highest BCUT2D eigenvalue weighted by molar-refractivity contribution is 5.85. The molecule has 0 saturated carbocycles. The third-order valence-corrected chi connectivity index (χ3v) is 4.70. The predicted octanol–water partition coefficient (Wildman–Crippen LogP) is 2.96. The van der Waals surface area contributed by atoms with Gasteiger partial charge in [0.25, 0.3) is 0 Å². The average molecular weight is 361 g/mol. The van der Waals surface area contributed by atoms with Crippen LogP contribution in [0.1, 0.15) is 35.4 Å². The number of carbonyl (C=O) groups is 1. The number of carbonyl (C=O) groups excluding carboxylic acids is 1. The minimum atomic E-state index is -0.350. The molecule has 4 N–H and O–H groups in total. The summed E-state index contributed by atoms with van der Waals surface area (Å²) in [6.07, 6.45) is 3.17. The lowest BCUT2D eigenvalue weighted by atomic mass is 9.76. The van der Waals surface area contributed by atoms with Crippen LogP contribution in [0.4, 0.5) is 0 Å². The topological polar surface area (TPSA) is 78.3 Å². The molecule has 2 aromatic carbocycles. The van der Waals surface area contributed by atoms with Crippen molar-refractivity contribution < 1.29 is 9.53 Å². The van der Waals surface area contributed by atoms with Crippen LogP contribution in [-0.2, 0) is 17.6 Å². The number of fused-ring (bicyclic) bond motifs is 1. The molecule has 4 nitrogen and oxygen atoms in total. The zero-order valence-corrected chi connectivity index (χ0v) is 15.0. The van der Waals surface area contributed by atoms with Gasteiger partial charge in [-0.2, -0.15) is 0 Å². The fourth-order valence-electron chi connectivity index (χ4n) is 3.39. The number of primary amides is 1. The number of rotatable bonds is 6. The van der Waals surface area contributed by atoms with Crippen molar-refractivity contribution in [3.8, 4) is 5.75 Å². The summed E-state index contributed by atoms with van der Waals surface area (Å²) in [4.78, 5) is 10.8. The van der Waals surface area contributed by atoms with Crippen LogP contribution >= 0.6 is 12.4 Å². The van der Waals surface area contributed by atoms with Gasteiger partial charge in [0, 0.05) is 12.0 Å². The minimum absolute atomic E-state index is 0. The molecule has 0 radical (unpaired) electrons. The van der Waals surface area contributed by atoms with Gasteiger partial charge in [0.1, 0.15) is 5.75 Å². The molecule has 2 atom stereocenters. The summed E-state index contributed by atoms with van der Waals surface area (Å²) in [5.41, 5.74) is 15.5. The molecule has 0 heterocycles. The average Bonchev–Trinajstić information content (AvgIpc) is 2.58. The Morgan fingerprint density at radius 3 is 2.64 bits per heavy atom. The van der Waals surface area contributed by atoms with Crippen molar-refractivity contribution in [2.75, 3.05) is 6.61 Å². The number of nitrogens with two attached hydrogens (primary N) is 2.